The van der Waals surface area contributed by atoms with Gasteiger partial charge in [-0.2, -0.15) is 0 Å². The van der Waals surface area contributed by atoms with Gasteiger partial charge in [0, 0.05) is 12.1 Å². The first-order chi connectivity index (χ1) is 8.67. The lowest BCUT2D eigenvalue weighted by atomic mass is 9.70. The number of aryl methyl sites for hydroxylation is 1. The Balaban J connectivity index is 1.88. The first-order valence-electron chi connectivity index (χ1n) is 7.16. The molecule has 0 aromatic heterocycles. The van der Waals surface area contributed by atoms with E-state index in [1.807, 2.05) is 0 Å². The number of rotatable bonds is 2. The Hall–Kier alpha value is -1.08. The fraction of sp³-hybridized carbons (Fsp3) is 0.529. The van der Waals surface area contributed by atoms with E-state index in [2.05, 4.69) is 55.6 Å². The molecule has 96 valence electrons. The van der Waals surface area contributed by atoms with Crippen LogP contribution < -0.4 is 5.32 Å². The van der Waals surface area contributed by atoms with Crippen molar-refractivity contribution in [3.8, 4) is 0 Å². The van der Waals surface area contributed by atoms with Crippen LogP contribution in [-0.2, 0) is 6.42 Å². The SMILES string of the molecule is CC1(C)CCc2ccccc2C1NC1CC=CC1. The monoisotopic (exact) mass is 241 g/mol. The Morgan fingerprint density at radius 2 is 1.83 bits per heavy atom. The fourth-order valence-electron chi connectivity index (χ4n) is 3.37. The number of nitrogens with one attached hydrogen (secondary N) is 1. The molecule has 1 aromatic rings. The average molecular weight is 241 g/mol. The molecule has 1 atom stereocenters. The lowest BCUT2D eigenvalue weighted by Gasteiger charge is -2.42. The van der Waals surface area contributed by atoms with Crippen LogP contribution in [0.2, 0.25) is 0 Å². The van der Waals surface area contributed by atoms with Gasteiger partial charge in [0.1, 0.15) is 0 Å². The quantitative estimate of drug-likeness (QED) is 0.771. The summed E-state index contributed by atoms with van der Waals surface area (Å²) in [5.41, 5.74) is 3.43. The van der Waals surface area contributed by atoms with E-state index >= 15 is 0 Å². The predicted molar refractivity (Wildman–Crippen MR) is 76.6 cm³/mol. The maximum atomic E-state index is 3.90. The van der Waals surface area contributed by atoms with E-state index in [-0.39, 0.29) is 0 Å². The van der Waals surface area contributed by atoms with Crippen LogP contribution >= 0.6 is 0 Å². The number of hydrogen-bond donors (Lipinski definition) is 1. The van der Waals surface area contributed by atoms with Crippen LogP contribution in [-0.4, -0.2) is 6.04 Å². The molecular formula is C17H23N. The molecule has 0 heterocycles. The summed E-state index contributed by atoms with van der Waals surface area (Å²) in [5, 5.41) is 3.90. The molecule has 0 spiro atoms. The lowest BCUT2D eigenvalue weighted by Crippen LogP contribution is -2.42. The maximum Gasteiger partial charge on any atom is 0.0377 e. The Morgan fingerprint density at radius 3 is 2.61 bits per heavy atom. The Bertz CT molecular complexity index is 450. The summed E-state index contributed by atoms with van der Waals surface area (Å²) in [6, 6.07) is 10.1. The molecule has 1 unspecified atom stereocenters. The molecule has 3 rings (SSSR count). The lowest BCUT2D eigenvalue weighted by molar-refractivity contribution is 0.195. The van der Waals surface area contributed by atoms with Crippen LogP contribution in [0.4, 0.5) is 0 Å². The van der Waals surface area contributed by atoms with Gasteiger partial charge < -0.3 is 5.32 Å². The standard InChI is InChI=1S/C17H23N/c1-17(2)12-11-13-7-3-6-10-15(13)16(17)18-14-8-4-5-9-14/h3-7,10,14,16,18H,8-9,11-12H2,1-2H3. The van der Waals surface area contributed by atoms with Gasteiger partial charge in [-0.05, 0) is 42.2 Å². The van der Waals surface area contributed by atoms with Crippen molar-refractivity contribution in [2.75, 3.05) is 0 Å². The summed E-state index contributed by atoms with van der Waals surface area (Å²) in [6.07, 6.45) is 9.49. The van der Waals surface area contributed by atoms with Gasteiger partial charge in [-0.15, -0.1) is 0 Å². The Kier molecular flexibility index (Phi) is 3.03. The van der Waals surface area contributed by atoms with Gasteiger partial charge in [0.2, 0.25) is 0 Å². The third kappa shape index (κ3) is 2.12. The Labute approximate surface area is 110 Å². The van der Waals surface area contributed by atoms with E-state index < -0.39 is 0 Å². The van der Waals surface area contributed by atoms with Crippen molar-refractivity contribution in [2.45, 2.75) is 51.6 Å². The zero-order valence-corrected chi connectivity index (χ0v) is 11.4. The van der Waals surface area contributed by atoms with Crippen molar-refractivity contribution in [3.05, 3.63) is 47.5 Å². The van der Waals surface area contributed by atoms with E-state index in [4.69, 9.17) is 0 Å². The highest BCUT2D eigenvalue weighted by Crippen LogP contribution is 2.43. The van der Waals surface area contributed by atoms with Crippen LogP contribution in [0.25, 0.3) is 0 Å². The van der Waals surface area contributed by atoms with Crippen LogP contribution in [0, 0.1) is 5.41 Å². The maximum absolute atomic E-state index is 3.90. The molecule has 1 N–H and O–H groups in total. The minimum atomic E-state index is 0.358. The number of fused-ring (bicyclic) bond motifs is 1. The minimum absolute atomic E-state index is 0.358. The zero-order chi connectivity index (χ0) is 12.6. The molecule has 2 aliphatic rings. The molecular weight excluding hydrogens is 218 g/mol. The Morgan fingerprint density at radius 1 is 1.11 bits per heavy atom. The van der Waals surface area contributed by atoms with Gasteiger partial charge in [0.05, 0.1) is 0 Å². The smallest absolute Gasteiger partial charge is 0.0377 e. The normalized spacial score (nSPS) is 26.2. The largest absolute Gasteiger partial charge is 0.306 e. The molecule has 0 bridgehead atoms. The molecule has 18 heavy (non-hydrogen) atoms. The van der Waals surface area contributed by atoms with Gasteiger partial charge in [-0.25, -0.2) is 0 Å². The highest BCUT2D eigenvalue weighted by molar-refractivity contribution is 5.34. The number of hydrogen-bond acceptors (Lipinski definition) is 1. The summed E-state index contributed by atoms with van der Waals surface area (Å²) in [7, 11) is 0. The van der Waals surface area contributed by atoms with Crippen LogP contribution in [0.15, 0.2) is 36.4 Å². The van der Waals surface area contributed by atoms with Crippen molar-refractivity contribution in [1.29, 1.82) is 0 Å². The van der Waals surface area contributed by atoms with Crippen LogP contribution in [0.1, 0.15) is 50.3 Å². The van der Waals surface area contributed by atoms with Crippen molar-refractivity contribution >= 4 is 0 Å². The second-order valence-corrected chi connectivity index (χ2v) is 6.43. The van der Waals surface area contributed by atoms with E-state index in [1.165, 1.54) is 31.2 Å². The third-order valence-electron chi connectivity index (χ3n) is 4.60. The van der Waals surface area contributed by atoms with Gasteiger partial charge in [-0.3, -0.25) is 0 Å². The molecule has 0 radical (unpaired) electrons. The molecule has 2 aliphatic carbocycles. The van der Waals surface area contributed by atoms with Crippen molar-refractivity contribution in [1.82, 2.24) is 5.32 Å². The van der Waals surface area contributed by atoms with Crippen molar-refractivity contribution < 1.29 is 0 Å². The predicted octanol–water partition coefficient (Wildman–Crippen LogP) is 4.01. The summed E-state index contributed by atoms with van der Waals surface area (Å²) < 4.78 is 0. The average Bonchev–Trinajstić information content (AvgIpc) is 2.86. The second-order valence-electron chi connectivity index (χ2n) is 6.43. The summed E-state index contributed by atoms with van der Waals surface area (Å²) in [4.78, 5) is 0. The minimum Gasteiger partial charge on any atom is -0.306 e. The molecule has 0 amide bonds. The van der Waals surface area contributed by atoms with E-state index in [0.29, 0.717) is 17.5 Å². The summed E-state index contributed by atoms with van der Waals surface area (Å²) in [6.45, 7) is 4.81. The summed E-state index contributed by atoms with van der Waals surface area (Å²) >= 11 is 0. The first-order valence-corrected chi connectivity index (χ1v) is 7.16. The van der Waals surface area contributed by atoms with Crippen LogP contribution in [0.3, 0.4) is 0 Å². The second kappa shape index (κ2) is 4.55. The third-order valence-corrected chi connectivity index (χ3v) is 4.60. The van der Waals surface area contributed by atoms with E-state index in [0.717, 1.165) is 0 Å². The van der Waals surface area contributed by atoms with Gasteiger partial charge in [0.25, 0.3) is 0 Å². The highest BCUT2D eigenvalue weighted by atomic mass is 15.0. The van der Waals surface area contributed by atoms with Gasteiger partial charge >= 0.3 is 0 Å². The zero-order valence-electron chi connectivity index (χ0n) is 11.4. The van der Waals surface area contributed by atoms with Gasteiger partial charge in [0.15, 0.2) is 0 Å². The fourth-order valence-corrected chi connectivity index (χ4v) is 3.37. The van der Waals surface area contributed by atoms with Crippen molar-refractivity contribution in [3.63, 3.8) is 0 Å². The molecule has 0 saturated carbocycles. The van der Waals surface area contributed by atoms with Crippen LogP contribution in [0.5, 0.6) is 0 Å². The van der Waals surface area contributed by atoms with E-state index in [9.17, 15) is 0 Å². The molecule has 1 heteroatoms. The molecule has 0 saturated heterocycles. The molecule has 0 fully saturated rings. The summed E-state index contributed by atoms with van der Waals surface area (Å²) in [5.74, 6) is 0. The molecule has 1 aromatic carbocycles. The highest BCUT2D eigenvalue weighted by Gasteiger charge is 2.36. The van der Waals surface area contributed by atoms with E-state index in [1.54, 1.807) is 5.56 Å². The molecule has 1 nitrogen and oxygen atoms in total. The van der Waals surface area contributed by atoms with Gasteiger partial charge in [-0.1, -0.05) is 50.3 Å². The molecule has 0 aliphatic heterocycles. The number of benzene rings is 1. The topological polar surface area (TPSA) is 12.0 Å². The van der Waals surface area contributed by atoms with Crippen molar-refractivity contribution in [2.24, 2.45) is 5.41 Å². The first kappa shape index (κ1) is 12.0.